The molecule has 0 bridgehead atoms. The third-order valence-electron chi connectivity index (χ3n) is 5.38. The molecule has 5 heteroatoms. The van der Waals surface area contributed by atoms with Crippen LogP contribution >= 0.6 is 0 Å². The molecular weight excluding hydrogens is 316 g/mol. The molecule has 2 heterocycles. The highest BCUT2D eigenvalue weighted by Crippen LogP contribution is 2.31. The van der Waals surface area contributed by atoms with E-state index in [4.69, 9.17) is 9.47 Å². The fraction of sp³-hybridized carbons (Fsp3) is 0.700. The predicted octanol–water partition coefficient (Wildman–Crippen LogP) is 2.31. The van der Waals surface area contributed by atoms with Crippen molar-refractivity contribution in [3.63, 3.8) is 0 Å². The van der Waals surface area contributed by atoms with Crippen LogP contribution in [0.5, 0.6) is 5.75 Å². The summed E-state index contributed by atoms with van der Waals surface area (Å²) in [5, 5.41) is 10.6. The van der Waals surface area contributed by atoms with Gasteiger partial charge in [-0.1, -0.05) is 25.0 Å². The molecule has 2 fully saturated rings. The van der Waals surface area contributed by atoms with Crippen molar-refractivity contribution >= 4 is 0 Å². The number of hydrogen-bond acceptors (Lipinski definition) is 5. The van der Waals surface area contributed by atoms with Crippen LogP contribution in [0.3, 0.4) is 0 Å². The SMILES string of the molecule is COc1ccc(C2CCCCCN2CC(O)CN2CCOCC2)cc1. The number of hydrogen-bond donors (Lipinski definition) is 1. The van der Waals surface area contributed by atoms with Crippen LogP contribution in [0.25, 0.3) is 0 Å². The lowest BCUT2D eigenvalue weighted by Gasteiger charge is -2.34. The molecule has 0 saturated carbocycles. The maximum Gasteiger partial charge on any atom is 0.118 e. The maximum absolute atomic E-state index is 10.6. The lowest BCUT2D eigenvalue weighted by atomic mass is 10.0. The number of nitrogens with zero attached hydrogens (tertiary/aromatic N) is 2. The summed E-state index contributed by atoms with van der Waals surface area (Å²) >= 11 is 0. The van der Waals surface area contributed by atoms with E-state index in [1.54, 1.807) is 7.11 Å². The van der Waals surface area contributed by atoms with Gasteiger partial charge in [-0.15, -0.1) is 0 Å². The summed E-state index contributed by atoms with van der Waals surface area (Å²) in [7, 11) is 1.70. The molecule has 0 aromatic heterocycles. The summed E-state index contributed by atoms with van der Waals surface area (Å²) in [6, 6.07) is 8.84. The summed E-state index contributed by atoms with van der Waals surface area (Å²) in [6.45, 7) is 5.98. The number of methoxy groups -OCH3 is 1. The van der Waals surface area contributed by atoms with E-state index < -0.39 is 0 Å². The van der Waals surface area contributed by atoms with Gasteiger partial charge in [-0.05, 0) is 37.1 Å². The van der Waals surface area contributed by atoms with E-state index in [9.17, 15) is 5.11 Å². The number of morpholine rings is 1. The minimum absolute atomic E-state index is 0.308. The van der Waals surface area contributed by atoms with Gasteiger partial charge in [0.05, 0.1) is 26.4 Å². The normalized spacial score (nSPS) is 24.6. The van der Waals surface area contributed by atoms with Crippen LogP contribution in [0, 0.1) is 0 Å². The molecule has 2 unspecified atom stereocenters. The molecule has 0 spiro atoms. The molecule has 1 aromatic rings. The summed E-state index contributed by atoms with van der Waals surface area (Å²) < 4.78 is 10.7. The summed E-state index contributed by atoms with van der Waals surface area (Å²) in [5.41, 5.74) is 1.33. The Hall–Kier alpha value is -1.14. The zero-order valence-electron chi connectivity index (χ0n) is 15.4. The highest BCUT2D eigenvalue weighted by atomic mass is 16.5. The van der Waals surface area contributed by atoms with Crippen molar-refractivity contribution < 1.29 is 14.6 Å². The van der Waals surface area contributed by atoms with Gasteiger partial charge in [-0.2, -0.15) is 0 Å². The van der Waals surface area contributed by atoms with Gasteiger partial charge < -0.3 is 14.6 Å². The second-order valence-electron chi connectivity index (χ2n) is 7.20. The van der Waals surface area contributed by atoms with Gasteiger partial charge in [-0.25, -0.2) is 0 Å². The maximum atomic E-state index is 10.6. The van der Waals surface area contributed by atoms with Gasteiger partial charge in [0.25, 0.3) is 0 Å². The molecule has 3 rings (SSSR count). The Kier molecular flexibility index (Phi) is 7.11. The van der Waals surface area contributed by atoms with Gasteiger partial charge in [0.1, 0.15) is 5.75 Å². The zero-order valence-corrected chi connectivity index (χ0v) is 15.4. The monoisotopic (exact) mass is 348 g/mol. The molecule has 2 saturated heterocycles. The fourth-order valence-electron chi connectivity index (χ4n) is 4.00. The molecule has 1 N–H and O–H groups in total. The number of β-amino-alcohol motifs (C(OH)–C–C–N with tert-alkyl or cyclic N) is 1. The molecule has 0 aliphatic carbocycles. The van der Waals surface area contributed by atoms with E-state index in [0.29, 0.717) is 6.04 Å². The molecule has 1 aromatic carbocycles. The molecule has 2 atom stereocenters. The minimum atomic E-state index is -0.308. The van der Waals surface area contributed by atoms with Crippen molar-refractivity contribution in [3.05, 3.63) is 29.8 Å². The van der Waals surface area contributed by atoms with Gasteiger partial charge >= 0.3 is 0 Å². The first-order chi connectivity index (χ1) is 12.3. The zero-order chi connectivity index (χ0) is 17.5. The predicted molar refractivity (Wildman–Crippen MR) is 99.0 cm³/mol. The quantitative estimate of drug-likeness (QED) is 0.855. The molecular formula is C20H32N2O3. The van der Waals surface area contributed by atoms with Crippen LogP contribution in [-0.2, 0) is 4.74 Å². The third kappa shape index (κ3) is 5.42. The van der Waals surface area contributed by atoms with Crippen LogP contribution < -0.4 is 4.74 Å². The Labute approximate surface area is 151 Å². The Bertz CT molecular complexity index is 502. The molecule has 25 heavy (non-hydrogen) atoms. The number of likely N-dealkylation sites (tertiary alicyclic amines) is 1. The Balaban J connectivity index is 1.62. The summed E-state index contributed by atoms with van der Waals surface area (Å²) in [5.74, 6) is 0.899. The average molecular weight is 348 g/mol. The van der Waals surface area contributed by atoms with Crippen LogP contribution in [0.4, 0.5) is 0 Å². The van der Waals surface area contributed by atoms with E-state index in [2.05, 4.69) is 21.9 Å². The summed E-state index contributed by atoms with van der Waals surface area (Å²) in [6.07, 6.45) is 4.61. The van der Waals surface area contributed by atoms with Gasteiger partial charge in [0.15, 0.2) is 0 Å². The number of aliphatic hydroxyl groups is 1. The second-order valence-corrected chi connectivity index (χ2v) is 7.20. The highest BCUT2D eigenvalue weighted by molar-refractivity contribution is 5.29. The molecule has 2 aliphatic rings. The molecule has 5 nitrogen and oxygen atoms in total. The Morgan fingerprint density at radius 2 is 1.84 bits per heavy atom. The smallest absolute Gasteiger partial charge is 0.118 e. The second kappa shape index (κ2) is 9.53. The third-order valence-corrected chi connectivity index (χ3v) is 5.38. The highest BCUT2D eigenvalue weighted by Gasteiger charge is 2.25. The van der Waals surface area contributed by atoms with Crippen LogP contribution in [0.1, 0.15) is 37.3 Å². The standard InChI is InChI=1S/C20H32N2O3/c1-24-19-8-6-17(7-9-19)20-5-3-2-4-10-22(20)16-18(23)15-21-11-13-25-14-12-21/h6-9,18,20,23H,2-5,10-16H2,1H3. The number of rotatable bonds is 6. The first kappa shape index (κ1) is 18.6. The van der Waals surface area contributed by atoms with Crippen LogP contribution in [-0.4, -0.2) is 74.1 Å². The van der Waals surface area contributed by atoms with Crippen LogP contribution in [0.2, 0.25) is 0 Å². The van der Waals surface area contributed by atoms with Crippen molar-refractivity contribution in [2.45, 2.75) is 37.8 Å². The molecule has 0 radical (unpaired) electrons. The largest absolute Gasteiger partial charge is 0.497 e. The van der Waals surface area contributed by atoms with Crippen molar-refractivity contribution in [2.24, 2.45) is 0 Å². The van der Waals surface area contributed by atoms with Crippen molar-refractivity contribution in [2.75, 3.05) is 53.0 Å². The lowest BCUT2D eigenvalue weighted by Crippen LogP contribution is -2.45. The number of ether oxygens (including phenoxy) is 2. The first-order valence-electron chi connectivity index (χ1n) is 9.62. The van der Waals surface area contributed by atoms with Crippen molar-refractivity contribution in [3.8, 4) is 5.75 Å². The van der Waals surface area contributed by atoms with Crippen molar-refractivity contribution in [1.82, 2.24) is 9.80 Å². The first-order valence-corrected chi connectivity index (χ1v) is 9.62. The topological polar surface area (TPSA) is 45.2 Å². The van der Waals surface area contributed by atoms with E-state index in [-0.39, 0.29) is 6.10 Å². The lowest BCUT2D eigenvalue weighted by molar-refractivity contribution is 0.00308. The molecule has 2 aliphatic heterocycles. The van der Waals surface area contributed by atoms with Gasteiger partial charge in [0, 0.05) is 32.2 Å². The van der Waals surface area contributed by atoms with E-state index in [0.717, 1.165) is 58.1 Å². The van der Waals surface area contributed by atoms with Gasteiger partial charge in [-0.3, -0.25) is 9.80 Å². The van der Waals surface area contributed by atoms with Crippen LogP contribution in [0.15, 0.2) is 24.3 Å². The summed E-state index contributed by atoms with van der Waals surface area (Å²) in [4.78, 5) is 4.80. The Morgan fingerprint density at radius 3 is 2.56 bits per heavy atom. The number of aliphatic hydroxyl groups excluding tert-OH is 1. The van der Waals surface area contributed by atoms with E-state index in [1.165, 1.54) is 24.8 Å². The van der Waals surface area contributed by atoms with Crippen molar-refractivity contribution in [1.29, 1.82) is 0 Å². The average Bonchev–Trinajstić information content (AvgIpc) is 2.88. The number of benzene rings is 1. The van der Waals surface area contributed by atoms with E-state index >= 15 is 0 Å². The molecule has 140 valence electrons. The minimum Gasteiger partial charge on any atom is -0.497 e. The van der Waals surface area contributed by atoms with Gasteiger partial charge in [0.2, 0.25) is 0 Å². The Morgan fingerprint density at radius 1 is 1.08 bits per heavy atom. The fourth-order valence-corrected chi connectivity index (χ4v) is 4.00. The van der Waals surface area contributed by atoms with E-state index in [1.807, 2.05) is 12.1 Å². The molecule has 0 amide bonds.